The molecule has 14 heavy (non-hydrogen) atoms. The third-order valence-corrected chi connectivity index (χ3v) is 2.33. The lowest BCUT2D eigenvalue weighted by Crippen LogP contribution is -2.48. The summed E-state index contributed by atoms with van der Waals surface area (Å²) in [7, 11) is 1.78. The Balaban J connectivity index is 2.30. The van der Waals surface area contributed by atoms with Gasteiger partial charge in [-0.2, -0.15) is 0 Å². The number of carbonyl (C=O) groups is 1. The van der Waals surface area contributed by atoms with Crippen LogP contribution in [0.4, 0.5) is 0 Å². The number of carbonyl (C=O) groups excluding carboxylic acids is 1. The second-order valence-electron chi connectivity index (χ2n) is 3.48. The van der Waals surface area contributed by atoms with Crippen LogP contribution < -0.4 is 11.1 Å². The van der Waals surface area contributed by atoms with E-state index in [0.29, 0.717) is 19.5 Å². The van der Waals surface area contributed by atoms with Crippen molar-refractivity contribution in [1.29, 1.82) is 0 Å². The molecule has 0 saturated carbocycles. The Labute approximate surface area is 82.7 Å². The van der Waals surface area contributed by atoms with E-state index >= 15 is 0 Å². The van der Waals surface area contributed by atoms with Gasteiger partial charge in [-0.3, -0.25) is 4.79 Å². The van der Waals surface area contributed by atoms with Crippen molar-refractivity contribution in [3.8, 4) is 0 Å². The standard InChI is InChI=1S/C8H16N4O2/c1-12-5-6(2-3-8(12)13)10-4-7(9)11-14/h6,10,14H,2-5H2,1H3,(H2,9,11). The molecule has 4 N–H and O–H groups in total. The zero-order chi connectivity index (χ0) is 10.6. The molecule has 0 spiro atoms. The molecule has 1 fully saturated rings. The molecule has 1 unspecified atom stereocenters. The predicted octanol–water partition coefficient (Wildman–Crippen LogP) is -1.06. The highest BCUT2D eigenvalue weighted by Gasteiger charge is 2.22. The van der Waals surface area contributed by atoms with Gasteiger partial charge in [0.25, 0.3) is 0 Å². The van der Waals surface area contributed by atoms with Gasteiger partial charge in [0.2, 0.25) is 5.91 Å². The van der Waals surface area contributed by atoms with Crippen molar-refractivity contribution in [3.05, 3.63) is 0 Å². The van der Waals surface area contributed by atoms with E-state index in [1.807, 2.05) is 0 Å². The monoisotopic (exact) mass is 200 g/mol. The van der Waals surface area contributed by atoms with Crippen LogP contribution in [0.2, 0.25) is 0 Å². The van der Waals surface area contributed by atoms with Crippen LogP contribution in [-0.4, -0.2) is 48.0 Å². The molecule has 6 nitrogen and oxygen atoms in total. The largest absolute Gasteiger partial charge is 0.409 e. The molecule has 0 aromatic rings. The molecule has 1 aliphatic heterocycles. The van der Waals surface area contributed by atoms with E-state index < -0.39 is 0 Å². The Morgan fingerprint density at radius 3 is 3.14 bits per heavy atom. The first-order valence-electron chi connectivity index (χ1n) is 4.57. The number of nitrogens with zero attached hydrogens (tertiary/aromatic N) is 2. The zero-order valence-corrected chi connectivity index (χ0v) is 8.23. The van der Waals surface area contributed by atoms with Gasteiger partial charge >= 0.3 is 0 Å². The maximum absolute atomic E-state index is 11.1. The number of likely N-dealkylation sites (tertiary alicyclic amines) is 1. The molecule has 0 radical (unpaired) electrons. The van der Waals surface area contributed by atoms with Crippen LogP contribution >= 0.6 is 0 Å². The second-order valence-corrected chi connectivity index (χ2v) is 3.48. The van der Waals surface area contributed by atoms with Crippen LogP contribution in [0.5, 0.6) is 0 Å². The Morgan fingerprint density at radius 1 is 1.86 bits per heavy atom. The average molecular weight is 200 g/mol. The van der Waals surface area contributed by atoms with E-state index in [0.717, 1.165) is 6.42 Å². The molecular weight excluding hydrogens is 184 g/mol. The van der Waals surface area contributed by atoms with E-state index in [4.69, 9.17) is 10.9 Å². The molecule has 0 bridgehead atoms. The first-order chi connectivity index (χ1) is 6.63. The number of nitrogens with one attached hydrogen (secondary N) is 1. The molecule has 0 aromatic heterocycles. The number of rotatable bonds is 3. The summed E-state index contributed by atoms with van der Waals surface area (Å²) in [5, 5.41) is 14.3. The van der Waals surface area contributed by atoms with Crippen molar-refractivity contribution in [2.45, 2.75) is 18.9 Å². The summed E-state index contributed by atoms with van der Waals surface area (Å²) >= 11 is 0. The van der Waals surface area contributed by atoms with E-state index in [9.17, 15) is 4.79 Å². The molecule has 0 aliphatic carbocycles. The van der Waals surface area contributed by atoms with Crippen LogP contribution in [0.25, 0.3) is 0 Å². The quantitative estimate of drug-likeness (QED) is 0.234. The van der Waals surface area contributed by atoms with Crippen LogP contribution in [0.3, 0.4) is 0 Å². The summed E-state index contributed by atoms with van der Waals surface area (Å²) in [6.07, 6.45) is 1.37. The lowest BCUT2D eigenvalue weighted by molar-refractivity contribution is -0.132. The number of hydrogen-bond acceptors (Lipinski definition) is 4. The molecule has 1 saturated heterocycles. The van der Waals surface area contributed by atoms with Crippen LogP contribution in [0, 0.1) is 0 Å². The topological polar surface area (TPSA) is 90.9 Å². The summed E-state index contributed by atoms with van der Waals surface area (Å²) < 4.78 is 0. The minimum absolute atomic E-state index is 0.157. The predicted molar refractivity (Wildman–Crippen MR) is 52.1 cm³/mol. The molecule has 0 aromatic carbocycles. The zero-order valence-electron chi connectivity index (χ0n) is 8.23. The van der Waals surface area contributed by atoms with Gasteiger partial charge in [-0.25, -0.2) is 0 Å². The van der Waals surface area contributed by atoms with Gasteiger partial charge in [-0.05, 0) is 6.42 Å². The Hall–Kier alpha value is -1.30. The van der Waals surface area contributed by atoms with E-state index in [2.05, 4.69) is 10.5 Å². The Bertz CT molecular complexity index is 241. The molecule has 1 aliphatic rings. The van der Waals surface area contributed by atoms with Gasteiger partial charge < -0.3 is 21.2 Å². The average Bonchev–Trinajstić information content (AvgIpc) is 2.19. The van der Waals surface area contributed by atoms with Gasteiger partial charge in [-0.15, -0.1) is 0 Å². The number of hydrogen-bond donors (Lipinski definition) is 3. The number of oxime groups is 1. The molecule has 1 rings (SSSR count). The summed E-state index contributed by atoms with van der Waals surface area (Å²) in [4.78, 5) is 12.8. The fourth-order valence-electron chi connectivity index (χ4n) is 1.46. The highest BCUT2D eigenvalue weighted by Crippen LogP contribution is 2.08. The maximum atomic E-state index is 11.1. The molecule has 1 atom stereocenters. The SMILES string of the molecule is CN1CC(NCC(N)=NO)CCC1=O. The Kier molecular flexibility index (Phi) is 3.70. The van der Waals surface area contributed by atoms with Crippen LogP contribution in [0.15, 0.2) is 5.16 Å². The molecule has 1 amide bonds. The normalized spacial score (nSPS) is 24.1. The molecular formula is C8H16N4O2. The summed E-state index contributed by atoms with van der Waals surface area (Å²) in [6, 6.07) is 0.234. The minimum atomic E-state index is 0.157. The fraction of sp³-hybridized carbons (Fsp3) is 0.750. The fourth-order valence-corrected chi connectivity index (χ4v) is 1.46. The molecule has 6 heteroatoms. The van der Waals surface area contributed by atoms with Gasteiger partial charge in [0.05, 0.1) is 6.54 Å². The number of amides is 1. The highest BCUT2D eigenvalue weighted by atomic mass is 16.4. The van der Waals surface area contributed by atoms with E-state index in [-0.39, 0.29) is 17.8 Å². The van der Waals surface area contributed by atoms with Gasteiger partial charge in [-0.1, -0.05) is 5.16 Å². The summed E-state index contributed by atoms with van der Waals surface area (Å²) in [5.74, 6) is 0.330. The van der Waals surface area contributed by atoms with Gasteiger partial charge in [0, 0.05) is 26.1 Å². The van der Waals surface area contributed by atoms with Crippen molar-refractivity contribution < 1.29 is 10.0 Å². The van der Waals surface area contributed by atoms with Gasteiger partial charge in [0.1, 0.15) is 0 Å². The van der Waals surface area contributed by atoms with Crippen LogP contribution in [-0.2, 0) is 4.79 Å². The maximum Gasteiger partial charge on any atom is 0.222 e. The second kappa shape index (κ2) is 4.80. The lowest BCUT2D eigenvalue weighted by atomic mass is 10.1. The highest BCUT2D eigenvalue weighted by molar-refractivity contribution is 5.81. The third kappa shape index (κ3) is 2.88. The van der Waals surface area contributed by atoms with Crippen molar-refractivity contribution in [2.75, 3.05) is 20.1 Å². The number of likely N-dealkylation sites (N-methyl/N-ethyl adjacent to an activating group) is 1. The Morgan fingerprint density at radius 2 is 2.57 bits per heavy atom. The number of piperidine rings is 1. The van der Waals surface area contributed by atoms with Gasteiger partial charge in [0.15, 0.2) is 5.84 Å². The third-order valence-electron chi connectivity index (χ3n) is 2.33. The van der Waals surface area contributed by atoms with E-state index in [1.54, 1.807) is 11.9 Å². The summed E-state index contributed by atoms with van der Waals surface area (Å²) in [5.41, 5.74) is 5.31. The van der Waals surface area contributed by atoms with E-state index in [1.165, 1.54) is 0 Å². The first kappa shape index (κ1) is 10.8. The van der Waals surface area contributed by atoms with Crippen LogP contribution in [0.1, 0.15) is 12.8 Å². The van der Waals surface area contributed by atoms with Crippen molar-refractivity contribution in [3.63, 3.8) is 0 Å². The van der Waals surface area contributed by atoms with Crippen molar-refractivity contribution >= 4 is 11.7 Å². The minimum Gasteiger partial charge on any atom is -0.409 e. The number of nitrogens with two attached hydrogens (primary N) is 1. The molecule has 80 valence electrons. The smallest absolute Gasteiger partial charge is 0.222 e. The van der Waals surface area contributed by atoms with Crippen molar-refractivity contribution in [1.82, 2.24) is 10.2 Å². The lowest BCUT2D eigenvalue weighted by Gasteiger charge is -2.30. The molecule has 1 heterocycles. The first-order valence-corrected chi connectivity index (χ1v) is 4.57. The van der Waals surface area contributed by atoms with Crippen molar-refractivity contribution in [2.24, 2.45) is 10.9 Å². The summed E-state index contributed by atoms with van der Waals surface area (Å²) in [6.45, 7) is 1.03. The number of amidine groups is 1.